The average Bonchev–Trinajstić information content (AvgIpc) is 2.46. The number of piperazine rings is 1. The molecule has 0 radical (unpaired) electrons. The molecule has 0 aliphatic carbocycles. The largest absolute Gasteiger partial charge is 0.378 e. The van der Waals surface area contributed by atoms with Gasteiger partial charge in [0, 0.05) is 44.5 Å². The second-order valence-electron chi connectivity index (χ2n) is 5.85. The molecule has 0 atom stereocenters. The third-order valence-corrected chi connectivity index (χ3v) is 3.80. The maximum absolute atomic E-state index is 12.4. The van der Waals surface area contributed by atoms with Gasteiger partial charge in [0.1, 0.15) is 6.54 Å². The van der Waals surface area contributed by atoms with Crippen LogP contribution < -0.4 is 4.90 Å². The van der Waals surface area contributed by atoms with Crippen molar-refractivity contribution in [3.8, 4) is 0 Å². The minimum Gasteiger partial charge on any atom is -0.378 e. The molecule has 1 aromatic rings. The predicted octanol–water partition coefficient (Wildman–Crippen LogP) is 1.45. The van der Waals surface area contributed by atoms with Gasteiger partial charge in [0.25, 0.3) is 5.91 Å². The molecule has 1 aliphatic heterocycles. The van der Waals surface area contributed by atoms with Gasteiger partial charge in [0.05, 0.1) is 0 Å². The Labute approximate surface area is 126 Å². The quantitative estimate of drug-likeness (QED) is 0.846. The highest BCUT2D eigenvalue weighted by molar-refractivity contribution is 5.97. The van der Waals surface area contributed by atoms with Gasteiger partial charge in [-0.2, -0.15) is 0 Å². The number of carbonyl (C=O) groups excluding carboxylic acids is 2. The van der Waals surface area contributed by atoms with Gasteiger partial charge in [-0.1, -0.05) is 0 Å². The molecule has 0 saturated carbocycles. The first-order valence-corrected chi connectivity index (χ1v) is 7.26. The third-order valence-electron chi connectivity index (χ3n) is 3.80. The van der Waals surface area contributed by atoms with Crippen molar-refractivity contribution in [2.45, 2.75) is 19.9 Å². The Balaban J connectivity index is 2.06. The van der Waals surface area contributed by atoms with E-state index in [1.807, 2.05) is 62.0 Å². The van der Waals surface area contributed by atoms with Crippen LogP contribution >= 0.6 is 0 Å². The molecule has 5 heteroatoms. The van der Waals surface area contributed by atoms with E-state index in [1.165, 1.54) is 0 Å². The van der Waals surface area contributed by atoms with Gasteiger partial charge in [-0.05, 0) is 38.1 Å². The van der Waals surface area contributed by atoms with Gasteiger partial charge < -0.3 is 14.7 Å². The van der Waals surface area contributed by atoms with Crippen LogP contribution in [-0.2, 0) is 4.79 Å². The summed E-state index contributed by atoms with van der Waals surface area (Å²) >= 11 is 0. The summed E-state index contributed by atoms with van der Waals surface area (Å²) in [6, 6.07) is 7.65. The maximum Gasteiger partial charge on any atom is 0.254 e. The van der Waals surface area contributed by atoms with Crippen LogP contribution in [0.3, 0.4) is 0 Å². The molecular weight excluding hydrogens is 266 g/mol. The molecule has 1 saturated heterocycles. The van der Waals surface area contributed by atoms with E-state index in [4.69, 9.17) is 0 Å². The van der Waals surface area contributed by atoms with Crippen molar-refractivity contribution in [3.63, 3.8) is 0 Å². The van der Waals surface area contributed by atoms with Crippen molar-refractivity contribution < 1.29 is 9.59 Å². The molecule has 0 aromatic heterocycles. The van der Waals surface area contributed by atoms with E-state index < -0.39 is 0 Å². The summed E-state index contributed by atoms with van der Waals surface area (Å²) in [6.45, 7) is 5.37. The van der Waals surface area contributed by atoms with E-state index in [-0.39, 0.29) is 24.4 Å². The van der Waals surface area contributed by atoms with Crippen molar-refractivity contribution >= 4 is 17.5 Å². The van der Waals surface area contributed by atoms with Gasteiger partial charge in [0.2, 0.25) is 5.91 Å². The normalized spacial score (nSPS) is 15.6. The number of hydrogen-bond donors (Lipinski definition) is 0. The first-order chi connectivity index (χ1) is 9.90. The third kappa shape index (κ3) is 3.35. The first kappa shape index (κ1) is 15.4. The smallest absolute Gasteiger partial charge is 0.254 e. The van der Waals surface area contributed by atoms with E-state index in [0.29, 0.717) is 18.7 Å². The summed E-state index contributed by atoms with van der Waals surface area (Å²) in [5.74, 6) is -0.0495. The topological polar surface area (TPSA) is 43.9 Å². The number of hydrogen-bond acceptors (Lipinski definition) is 3. The Bertz CT molecular complexity index is 523. The fourth-order valence-corrected chi connectivity index (χ4v) is 2.49. The van der Waals surface area contributed by atoms with E-state index in [9.17, 15) is 9.59 Å². The minimum absolute atomic E-state index is 0.0227. The number of carbonyl (C=O) groups is 2. The Morgan fingerprint density at radius 2 is 1.76 bits per heavy atom. The van der Waals surface area contributed by atoms with Crippen LogP contribution in [0.5, 0.6) is 0 Å². The van der Waals surface area contributed by atoms with Crippen LogP contribution in [0.4, 0.5) is 5.69 Å². The second-order valence-corrected chi connectivity index (χ2v) is 5.85. The molecule has 21 heavy (non-hydrogen) atoms. The average molecular weight is 289 g/mol. The van der Waals surface area contributed by atoms with Gasteiger partial charge in [-0.15, -0.1) is 0 Å². The molecule has 5 nitrogen and oxygen atoms in total. The summed E-state index contributed by atoms with van der Waals surface area (Å²) in [5.41, 5.74) is 1.68. The van der Waals surface area contributed by atoms with Crippen molar-refractivity contribution in [3.05, 3.63) is 29.8 Å². The summed E-state index contributed by atoms with van der Waals surface area (Å²) in [4.78, 5) is 29.9. The summed E-state index contributed by atoms with van der Waals surface area (Å²) in [7, 11) is 3.92. The van der Waals surface area contributed by atoms with Gasteiger partial charge in [-0.25, -0.2) is 0 Å². The van der Waals surface area contributed by atoms with E-state index in [2.05, 4.69) is 0 Å². The Hall–Kier alpha value is -2.04. The lowest BCUT2D eigenvalue weighted by Crippen LogP contribution is -2.54. The Morgan fingerprint density at radius 1 is 1.14 bits per heavy atom. The zero-order valence-corrected chi connectivity index (χ0v) is 13.2. The fraction of sp³-hybridized carbons (Fsp3) is 0.500. The Morgan fingerprint density at radius 3 is 2.24 bits per heavy atom. The molecule has 0 bridgehead atoms. The number of anilines is 1. The summed E-state index contributed by atoms with van der Waals surface area (Å²) < 4.78 is 0. The van der Waals surface area contributed by atoms with Crippen LogP contribution in [0.25, 0.3) is 0 Å². The van der Waals surface area contributed by atoms with Crippen LogP contribution in [0.2, 0.25) is 0 Å². The van der Waals surface area contributed by atoms with Crippen LogP contribution in [0, 0.1) is 0 Å². The molecule has 1 heterocycles. The maximum atomic E-state index is 12.4. The summed E-state index contributed by atoms with van der Waals surface area (Å²) in [5, 5.41) is 0. The lowest BCUT2D eigenvalue weighted by atomic mass is 10.1. The van der Waals surface area contributed by atoms with Crippen molar-refractivity contribution in [1.29, 1.82) is 0 Å². The molecule has 1 aliphatic rings. The van der Waals surface area contributed by atoms with Crippen LogP contribution in [0.1, 0.15) is 24.2 Å². The van der Waals surface area contributed by atoms with Crippen molar-refractivity contribution in [1.82, 2.24) is 9.80 Å². The molecule has 1 fully saturated rings. The van der Waals surface area contributed by atoms with Crippen LogP contribution in [-0.4, -0.2) is 61.4 Å². The van der Waals surface area contributed by atoms with Crippen molar-refractivity contribution in [2.75, 3.05) is 38.6 Å². The highest BCUT2D eigenvalue weighted by Gasteiger charge is 2.28. The molecule has 2 rings (SSSR count). The Kier molecular flexibility index (Phi) is 4.50. The predicted molar refractivity (Wildman–Crippen MR) is 83.5 cm³/mol. The summed E-state index contributed by atoms with van der Waals surface area (Å²) in [6.07, 6.45) is 0. The monoisotopic (exact) mass is 289 g/mol. The van der Waals surface area contributed by atoms with Gasteiger partial charge in [-0.3, -0.25) is 9.59 Å². The number of amides is 2. The van der Waals surface area contributed by atoms with Crippen molar-refractivity contribution in [2.24, 2.45) is 0 Å². The molecule has 0 spiro atoms. The molecule has 0 N–H and O–H groups in total. The number of nitrogens with zero attached hydrogens (tertiary/aromatic N) is 3. The first-order valence-electron chi connectivity index (χ1n) is 7.26. The molecule has 1 aromatic carbocycles. The van der Waals surface area contributed by atoms with E-state index >= 15 is 0 Å². The zero-order valence-electron chi connectivity index (χ0n) is 13.2. The van der Waals surface area contributed by atoms with Crippen LogP contribution in [0.15, 0.2) is 24.3 Å². The highest BCUT2D eigenvalue weighted by Crippen LogP contribution is 2.15. The second kappa shape index (κ2) is 6.16. The SMILES string of the molecule is CC(C)N1CCN(C(=O)c2ccc(N(C)C)cc2)CC1=O. The number of rotatable bonds is 3. The standard InChI is InChI=1S/C16H23N3O2/c1-12(2)19-10-9-18(11-15(19)20)16(21)13-5-7-14(8-6-13)17(3)4/h5-8,12H,9-11H2,1-4H3. The lowest BCUT2D eigenvalue weighted by molar-refractivity contribution is -0.136. The molecule has 2 amide bonds. The number of benzene rings is 1. The minimum atomic E-state index is -0.0722. The van der Waals surface area contributed by atoms with E-state index in [0.717, 1.165) is 5.69 Å². The van der Waals surface area contributed by atoms with Gasteiger partial charge >= 0.3 is 0 Å². The lowest BCUT2D eigenvalue weighted by Gasteiger charge is -2.36. The highest BCUT2D eigenvalue weighted by atomic mass is 16.2. The van der Waals surface area contributed by atoms with E-state index in [1.54, 1.807) is 4.90 Å². The molecular formula is C16H23N3O2. The zero-order chi connectivity index (χ0) is 15.6. The molecule has 0 unspecified atom stereocenters. The van der Waals surface area contributed by atoms with Gasteiger partial charge in [0.15, 0.2) is 0 Å². The fourth-order valence-electron chi connectivity index (χ4n) is 2.49. The molecule has 114 valence electrons.